The molecule has 1 amide bonds. The quantitative estimate of drug-likeness (QED) is 0.333. The molecule has 0 radical (unpaired) electrons. The number of nitrogens with zero attached hydrogens (tertiary/aromatic N) is 4. The number of ether oxygens (including phenoxy) is 3. The Hall–Kier alpha value is -3.79. The van der Waals surface area contributed by atoms with E-state index in [9.17, 15) is 4.79 Å². The van der Waals surface area contributed by atoms with Gasteiger partial charge in [0.2, 0.25) is 0 Å². The molecule has 11 heteroatoms. The molecule has 2 aliphatic rings. The van der Waals surface area contributed by atoms with E-state index in [0.717, 1.165) is 16.7 Å². The van der Waals surface area contributed by atoms with Crippen molar-refractivity contribution >= 4 is 34.8 Å². The minimum Gasteiger partial charge on any atom is -0.496 e. The van der Waals surface area contributed by atoms with Gasteiger partial charge in [-0.05, 0) is 44.2 Å². The summed E-state index contributed by atoms with van der Waals surface area (Å²) in [6.07, 6.45) is 3.30. The lowest BCUT2D eigenvalue weighted by Crippen LogP contribution is -2.55. The third-order valence-electron chi connectivity index (χ3n) is 7.17. The Kier molecular flexibility index (Phi) is 6.60. The highest BCUT2D eigenvalue weighted by molar-refractivity contribution is 6.34. The number of fused-ring (bicyclic) bond motifs is 3. The van der Waals surface area contributed by atoms with Crippen LogP contribution in [0.25, 0.3) is 28.1 Å². The number of pyridine rings is 1. The average molecular weight is 580 g/mol. The summed E-state index contributed by atoms with van der Waals surface area (Å²) in [7, 11) is 1.60. The second-order valence-electron chi connectivity index (χ2n) is 10.4. The largest absolute Gasteiger partial charge is 0.496 e. The van der Waals surface area contributed by atoms with Gasteiger partial charge in [0.25, 0.3) is 5.91 Å². The second kappa shape index (κ2) is 9.99. The van der Waals surface area contributed by atoms with Crippen molar-refractivity contribution in [3.05, 3.63) is 70.1 Å². The molecule has 40 heavy (non-hydrogen) atoms. The Labute approximate surface area is 241 Å². The van der Waals surface area contributed by atoms with E-state index in [2.05, 4.69) is 4.98 Å². The summed E-state index contributed by atoms with van der Waals surface area (Å²) in [4.78, 5) is 20.1. The van der Waals surface area contributed by atoms with Crippen LogP contribution in [-0.2, 0) is 11.3 Å². The molecule has 4 heterocycles. The molecular formula is C29H27Cl2N5O4. The van der Waals surface area contributed by atoms with Gasteiger partial charge in [0, 0.05) is 57.3 Å². The van der Waals surface area contributed by atoms with Crippen molar-refractivity contribution in [1.29, 1.82) is 0 Å². The smallest absolute Gasteiger partial charge is 0.275 e. The summed E-state index contributed by atoms with van der Waals surface area (Å²) in [5.74, 6) is 0.986. The lowest BCUT2D eigenvalue weighted by molar-refractivity contribution is -0.0374. The molecule has 0 unspecified atom stereocenters. The molecule has 6 rings (SSSR count). The highest BCUT2D eigenvalue weighted by atomic mass is 35.5. The number of amides is 1. The van der Waals surface area contributed by atoms with Gasteiger partial charge in [0.05, 0.1) is 42.9 Å². The number of anilines is 1. The first-order valence-corrected chi connectivity index (χ1v) is 13.5. The molecule has 206 valence electrons. The maximum absolute atomic E-state index is 14.0. The number of nitrogens with two attached hydrogens (primary N) is 1. The van der Waals surface area contributed by atoms with Crippen LogP contribution in [0, 0.1) is 0 Å². The molecule has 2 N–H and O–H groups in total. The van der Waals surface area contributed by atoms with Crippen LogP contribution in [0.1, 0.15) is 29.9 Å². The third-order valence-corrected chi connectivity index (χ3v) is 7.60. The molecule has 0 atom stereocenters. The van der Waals surface area contributed by atoms with Crippen LogP contribution in [0.3, 0.4) is 0 Å². The molecule has 4 aromatic rings. The van der Waals surface area contributed by atoms with Gasteiger partial charge in [0.15, 0.2) is 5.69 Å². The molecule has 2 aromatic heterocycles. The monoisotopic (exact) mass is 579 g/mol. The number of morpholine rings is 1. The van der Waals surface area contributed by atoms with E-state index in [0.29, 0.717) is 69.6 Å². The summed E-state index contributed by atoms with van der Waals surface area (Å²) < 4.78 is 19.3. The molecule has 0 bridgehead atoms. The van der Waals surface area contributed by atoms with Gasteiger partial charge in [-0.3, -0.25) is 9.78 Å². The molecule has 2 aliphatic heterocycles. The molecule has 0 aliphatic carbocycles. The van der Waals surface area contributed by atoms with E-state index in [1.165, 1.54) is 0 Å². The standard InChI is InChI=1S/C29H27Cl2N5O4/c1-29(2)15-39-5-4-35(29)28(37)26-23-14-40-25-11-24(38-3)21(16-6-19(32)13-33-12-16)10-22(25)27(23)36(34-26)20-8-17(30)7-18(31)9-20/h6-13H,4-5,14-15,32H2,1-3H3. The number of carbonyl (C=O) groups excluding carboxylic acids is 1. The van der Waals surface area contributed by atoms with Gasteiger partial charge >= 0.3 is 0 Å². The van der Waals surface area contributed by atoms with Gasteiger partial charge in [-0.2, -0.15) is 5.10 Å². The van der Waals surface area contributed by atoms with Gasteiger partial charge < -0.3 is 24.8 Å². The Bertz CT molecular complexity index is 1630. The van der Waals surface area contributed by atoms with Crippen LogP contribution in [0.15, 0.2) is 48.8 Å². The fourth-order valence-corrected chi connectivity index (χ4v) is 5.78. The van der Waals surface area contributed by atoms with E-state index in [1.807, 2.05) is 36.9 Å². The Morgan fingerprint density at radius 3 is 2.55 bits per heavy atom. The van der Waals surface area contributed by atoms with Crippen LogP contribution < -0.4 is 15.2 Å². The van der Waals surface area contributed by atoms with Crippen molar-refractivity contribution in [2.24, 2.45) is 0 Å². The van der Waals surface area contributed by atoms with E-state index in [4.69, 9.17) is 48.2 Å². The van der Waals surface area contributed by atoms with Crippen LogP contribution in [0.5, 0.6) is 11.5 Å². The predicted molar refractivity (Wildman–Crippen MR) is 153 cm³/mol. The van der Waals surface area contributed by atoms with Gasteiger partial charge in [-0.15, -0.1) is 0 Å². The normalized spacial score (nSPS) is 15.7. The summed E-state index contributed by atoms with van der Waals surface area (Å²) in [6.45, 7) is 5.45. The van der Waals surface area contributed by atoms with E-state index < -0.39 is 5.54 Å². The minimum atomic E-state index is -0.500. The Morgan fingerprint density at radius 1 is 1.07 bits per heavy atom. The van der Waals surface area contributed by atoms with Crippen LogP contribution in [-0.4, -0.2) is 58.0 Å². The number of hydrogen-bond acceptors (Lipinski definition) is 7. The molecule has 2 aromatic carbocycles. The number of methoxy groups -OCH3 is 1. The molecular weight excluding hydrogens is 553 g/mol. The predicted octanol–water partition coefficient (Wildman–Crippen LogP) is 5.64. The highest BCUT2D eigenvalue weighted by Gasteiger charge is 2.39. The first-order valence-electron chi connectivity index (χ1n) is 12.7. The number of nitrogen functional groups attached to an aromatic ring is 1. The lowest BCUT2D eigenvalue weighted by atomic mass is 9.95. The molecule has 9 nitrogen and oxygen atoms in total. The minimum absolute atomic E-state index is 0.144. The van der Waals surface area contributed by atoms with Crippen molar-refractivity contribution in [2.75, 3.05) is 32.6 Å². The third kappa shape index (κ3) is 4.54. The number of aromatic nitrogens is 3. The molecule has 1 saturated heterocycles. The fraction of sp³-hybridized carbons (Fsp3) is 0.276. The number of carbonyl (C=O) groups is 1. The summed E-state index contributed by atoms with van der Waals surface area (Å²) in [5, 5.41) is 5.76. The van der Waals surface area contributed by atoms with Crippen molar-refractivity contribution in [1.82, 2.24) is 19.7 Å². The average Bonchev–Trinajstić information content (AvgIpc) is 3.31. The summed E-state index contributed by atoms with van der Waals surface area (Å²) >= 11 is 12.8. The van der Waals surface area contributed by atoms with E-state index in [1.54, 1.807) is 42.4 Å². The first-order chi connectivity index (χ1) is 19.2. The maximum Gasteiger partial charge on any atom is 0.275 e. The number of halogens is 2. The Morgan fingerprint density at radius 2 is 1.85 bits per heavy atom. The van der Waals surface area contributed by atoms with Crippen LogP contribution in [0.2, 0.25) is 10.0 Å². The maximum atomic E-state index is 14.0. The van der Waals surface area contributed by atoms with E-state index >= 15 is 0 Å². The van der Waals surface area contributed by atoms with Gasteiger partial charge in [-0.25, -0.2) is 4.68 Å². The van der Waals surface area contributed by atoms with E-state index in [-0.39, 0.29) is 12.5 Å². The zero-order valence-electron chi connectivity index (χ0n) is 22.2. The van der Waals surface area contributed by atoms with Crippen molar-refractivity contribution in [3.63, 3.8) is 0 Å². The molecule has 0 saturated carbocycles. The van der Waals surface area contributed by atoms with Crippen molar-refractivity contribution < 1.29 is 19.0 Å². The van der Waals surface area contributed by atoms with Gasteiger partial charge in [-0.1, -0.05) is 23.2 Å². The zero-order chi connectivity index (χ0) is 28.2. The number of hydrogen-bond donors (Lipinski definition) is 1. The molecule has 0 spiro atoms. The van der Waals surface area contributed by atoms with Crippen molar-refractivity contribution in [2.45, 2.75) is 26.0 Å². The fourth-order valence-electron chi connectivity index (χ4n) is 5.26. The lowest BCUT2D eigenvalue weighted by Gasteiger charge is -2.41. The number of benzene rings is 2. The SMILES string of the molecule is COc1cc2c(cc1-c1cncc(N)c1)-c1c(c(C(=O)N3CCOCC3(C)C)nn1-c1cc(Cl)cc(Cl)c1)CO2. The number of rotatable bonds is 4. The van der Waals surface area contributed by atoms with Crippen LogP contribution >= 0.6 is 23.2 Å². The molecule has 1 fully saturated rings. The van der Waals surface area contributed by atoms with Crippen molar-refractivity contribution in [3.8, 4) is 39.6 Å². The second-order valence-corrected chi connectivity index (χ2v) is 11.3. The Balaban J connectivity index is 1.60. The topological polar surface area (TPSA) is 105 Å². The zero-order valence-corrected chi connectivity index (χ0v) is 23.7. The van der Waals surface area contributed by atoms with Gasteiger partial charge in [0.1, 0.15) is 18.1 Å². The summed E-state index contributed by atoms with van der Waals surface area (Å²) in [6, 6.07) is 10.8. The highest BCUT2D eigenvalue weighted by Crippen LogP contribution is 2.46. The van der Waals surface area contributed by atoms with Crippen LogP contribution in [0.4, 0.5) is 5.69 Å². The first kappa shape index (κ1) is 26.4. The summed E-state index contributed by atoms with van der Waals surface area (Å²) in [5.41, 5.74) is 10.6.